The Kier molecular flexibility index (Phi) is 5.76. The van der Waals surface area contributed by atoms with Crippen molar-refractivity contribution < 1.29 is 4.79 Å². The minimum absolute atomic E-state index is 0.235. The molecule has 0 atom stereocenters. The highest BCUT2D eigenvalue weighted by molar-refractivity contribution is 6.36. The van der Waals surface area contributed by atoms with Crippen LogP contribution in [0.2, 0.25) is 10.0 Å². The van der Waals surface area contributed by atoms with Crippen LogP contribution in [0.1, 0.15) is 22.3 Å². The largest absolute Gasteiger partial charge is 0.333 e. The van der Waals surface area contributed by atoms with Crippen molar-refractivity contribution in [1.29, 1.82) is 5.26 Å². The van der Waals surface area contributed by atoms with Crippen LogP contribution in [0, 0.1) is 11.3 Å². The van der Waals surface area contributed by atoms with Crippen molar-refractivity contribution in [3.8, 4) is 6.07 Å². The number of carbonyl (C=O) groups is 1. The molecule has 0 spiro atoms. The number of halogens is 2. The first kappa shape index (κ1) is 16.3. The van der Waals surface area contributed by atoms with Crippen molar-refractivity contribution in [2.75, 3.05) is 6.54 Å². The van der Waals surface area contributed by atoms with Crippen molar-refractivity contribution in [3.63, 3.8) is 0 Å². The van der Waals surface area contributed by atoms with Gasteiger partial charge in [0.2, 0.25) is 0 Å². The van der Waals surface area contributed by atoms with Crippen molar-refractivity contribution in [1.82, 2.24) is 9.88 Å². The van der Waals surface area contributed by atoms with E-state index in [1.54, 1.807) is 35.5 Å². The Labute approximate surface area is 138 Å². The van der Waals surface area contributed by atoms with Crippen LogP contribution in [-0.4, -0.2) is 22.3 Å². The molecule has 0 saturated heterocycles. The van der Waals surface area contributed by atoms with Crippen molar-refractivity contribution in [2.45, 2.75) is 13.0 Å². The van der Waals surface area contributed by atoms with E-state index in [1.165, 1.54) is 6.07 Å². The van der Waals surface area contributed by atoms with Crippen molar-refractivity contribution in [3.05, 3.63) is 63.9 Å². The van der Waals surface area contributed by atoms with Crippen molar-refractivity contribution in [2.24, 2.45) is 0 Å². The van der Waals surface area contributed by atoms with E-state index in [2.05, 4.69) is 11.1 Å². The molecule has 0 aliphatic carbocycles. The number of nitriles is 1. The van der Waals surface area contributed by atoms with Gasteiger partial charge < -0.3 is 4.90 Å². The summed E-state index contributed by atoms with van der Waals surface area (Å²) in [5.41, 5.74) is 1.26. The fourth-order valence-corrected chi connectivity index (χ4v) is 2.47. The van der Waals surface area contributed by atoms with Crippen LogP contribution in [0.15, 0.2) is 42.7 Å². The number of hydrogen-bond acceptors (Lipinski definition) is 3. The summed E-state index contributed by atoms with van der Waals surface area (Å²) in [6.45, 7) is 0.691. The van der Waals surface area contributed by atoms with Gasteiger partial charge in [0, 0.05) is 30.5 Å². The molecule has 2 aromatic rings. The van der Waals surface area contributed by atoms with Gasteiger partial charge in [-0.25, -0.2) is 0 Å². The normalized spacial score (nSPS) is 10.0. The number of pyridine rings is 1. The predicted molar refractivity (Wildman–Crippen MR) is 85.7 cm³/mol. The van der Waals surface area contributed by atoms with E-state index in [4.69, 9.17) is 28.5 Å². The molecule has 2 rings (SSSR count). The minimum Gasteiger partial charge on any atom is -0.333 e. The van der Waals surface area contributed by atoms with Crippen LogP contribution in [0.4, 0.5) is 0 Å². The Morgan fingerprint density at radius 3 is 2.77 bits per heavy atom. The number of carbonyl (C=O) groups excluding carboxylic acids is 1. The van der Waals surface area contributed by atoms with Gasteiger partial charge in [0.05, 0.1) is 23.1 Å². The third-order valence-corrected chi connectivity index (χ3v) is 3.59. The summed E-state index contributed by atoms with van der Waals surface area (Å²) < 4.78 is 0. The lowest BCUT2D eigenvalue weighted by molar-refractivity contribution is 0.0747. The first-order chi connectivity index (χ1) is 10.6. The maximum Gasteiger partial charge on any atom is 0.255 e. The topological polar surface area (TPSA) is 57.0 Å². The van der Waals surface area contributed by atoms with E-state index in [0.717, 1.165) is 5.56 Å². The quantitative estimate of drug-likeness (QED) is 0.832. The first-order valence-corrected chi connectivity index (χ1v) is 7.37. The van der Waals surface area contributed by atoms with E-state index in [0.29, 0.717) is 28.7 Å². The predicted octanol–water partition coefficient (Wildman–Crippen LogP) is 3.94. The molecule has 0 fully saturated rings. The molecular formula is C16H13Cl2N3O. The summed E-state index contributed by atoms with van der Waals surface area (Å²) in [5, 5.41) is 9.55. The molecule has 0 radical (unpaired) electrons. The van der Waals surface area contributed by atoms with Crippen LogP contribution in [0.5, 0.6) is 0 Å². The highest BCUT2D eigenvalue weighted by atomic mass is 35.5. The van der Waals surface area contributed by atoms with Crippen LogP contribution in [0.3, 0.4) is 0 Å². The van der Waals surface area contributed by atoms with Gasteiger partial charge in [0.25, 0.3) is 5.91 Å². The molecule has 1 amide bonds. The zero-order valence-corrected chi connectivity index (χ0v) is 13.2. The monoisotopic (exact) mass is 333 g/mol. The molecule has 1 aromatic heterocycles. The van der Waals surface area contributed by atoms with Gasteiger partial charge in [-0.2, -0.15) is 5.26 Å². The standard InChI is InChI=1S/C16H13Cl2N3O/c17-13-4-5-14(15(18)9-13)16(22)21(8-2-6-19)11-12-3-1-7-20-10-12/h1,3-5,7,9-10H,2,8,11H2. The average Bonchev–Trinajstić information content (AvgIpc) is 2.52. The third-order valence-electron chi connectivity index (χ3n) is 3.04. The number of amides is 1. The van der Waals surface area contributed by atoms with E-state index in [9.17, 15) is 4.79 Å². The van der Waals surface area contributed by atoms with Gasteiger partial charge in [-0.05, 0) is 29.8 Å². The van der Waals surface area contributed by atoms with E-state index in [1.807, 2.05) is 6.07 Å². The summed E-state index contributed by atoms with van der Waals surface area (Å²) >= 11 is 12.0. The molecule has 0 N–H and O–H groups in total. The molecule has 0 aliphatic heterocycles. The second kappa shape index (κ2) is 7.79. The second-order valence-corrected chi connectivity index (χ2v) is 5.46. The molecule has 0 bridgehead atoms. The Morgan fingerprint density at radius 2 is 2.14 bits per heavy atom. The average molecular weight is 334 g/mol. The summed E-state index contributed by atoms with van der Waals surface area (Å²) in [7, 11) is 0. The zero-order valence-electron chi connectivity index (χ0n) is 11.7. The maximum atomic E-state index is 12.7. The SMILES string of the molecule is N#CCCN(Cc1cccnc1)C(=O)c1ccc(Cl)cc1Cl. The van der Waals surface area contributed by atoms with Gasteiger partial charge in [0.15, 0.2) is 0 Å². The van der Waals surface area contributed by atoms with Crippen molar-refractivity contribution >= 4 is 29.1 Å². The highest BCUT2D eigenvalue weighted by Crippen LogP contribution is 2.23. The molecule has 1 heterocycles. The molecule has 0 unspecified atom stereocenters. The van der Waals surface area contributed by atoms with Crippen LogP contribution in [0.25, 0.3) is 0 Å². The molecule has 0 saturated carbocycles. The van der Waals surface area contributed by atoms with Crippen LogP contribution < -0.4 is 0 Å². The zero-order chi connectivity index (χ0) is 15.9. The van der Waals surface area contributed by atoms with Gasteiger partial charge >= 0.3 is 0 Å². The number of aromatic nitrogens is 1. The Morgan fingerprint density at radius 1 is 1.32 bits per heavy atom. The lowest BCUT2D eigenvalue weighted by atomic mass is 10.1. The summed E-state index contributed by atoms with van der Waals surface area (Å²) in [6, 6.07) is 10.5. The van der Waals surface area contributed by atoms with Gasteiger partial charge in [-0.1, -0.05) is 29.3 Å². The Bertz CT molecular complexity index is 698. The second-order valence-electron chi connectivity index (χ2n) is 4.62. The Balaban J connectivity index is 2.24. The van der Waals surface area contributed by atoms with E-state index in [-0.39, 0.29) is 12.3 Å². The van der Waals surface area contributed by atoms with Gasteiger partial charge in [0.1, 0.15) is 0 Å². The molecule has 22 heavy (non-hydrogen) atoms. The van der Waals surface area contributed by atoms with Gasteiger partial charge in [-0.3, -0.25) is 9.78 Å². The maximum absolute atomic E-state index is 12.7. The van der Waals surface area contributed by atoms with E-state index >= 15 is 0 Å². The molecular weight excluding hydrogens is 321 g/mol. The lowest BCUT2D eigenvalue weighted by Gasteiger charge is -2.22. The van der Waals surface area contributed by atoms with E-state index < -0.39 is 0 Å². The molecule has 6 heteroatoms. The van der Waals surface area contributed by atoms with Crippen LogP contribution in [-0.2, 0) is 6.54 Å². The lowest BCUT2D eigenvalue weighted by Crippen LogP contribution is -2.31. The summed E-state index contributed by atoms with van der Waals surface area (Å²) in [6.07, 6.45) is 3.61. The molecule has 1 aromatic carbocycles. The minimum atomic E-state index is -0.235. The summed E-state index contributed by atoms with van der Waals surface area (Å²) in [5.74, 6) is -0.235. The molecule has 4 nitrogen and oxygen atoms in total. The van der Waals surface area contributed by atoms with Crippen LogP contribution >= 0.6 is 23.2 Å². The number of hydrogen-bond donors (Lipinski definition) is 0. The first-order valence-electron chi connectivity index (χ1n) is 6.62. The third kappa shape index (κ3) is 4.20. The number of nitrogens with zero attached hydrogens (tertiary/aromatic N) is 3. The number of benzene rings is 1. The highest BCUT2D eigenvalue weighted by Gasteiger charge is 2.18. The fourth-order valence-electron chi connectivity index (χ4n) is 1.98. The smallest absolute Gasteiger partial charge is 0.255 e. The van der Waals surface area contributed by atoms with Gasteiger partial charge in [-0.15, -0.1) is 0 Å². The fraction of sp³-hybridized carbons (Fsp3) is 0.188. The summed E-state index contributed by atoms with van der Waals surface area (Å²) in [4.78, 5) is 18.3. The number of rotatable bonds is 5. The molecule has 0 aliphatic rings. The molecule has 112 valence electrons. The Hall–Kier alpha value is -2.09.